The fourth-order valence-corrected chi connectivity index (χ4v) is 5.24. The van der Waals surface area contributed by atoms with Gasteiger partial charge in [0.1, 0.15) is 10.6 Å². The SMILES string of the molecule is COc1cc(-c2ccno2)ccc1S(=O)(=O)N1c2ccccc2C[C@H]1C. The van der Waals surface area contributed by atoms with Gasteiger partial charge in [0.2, 0.25) is 0 Å². The Bertz CT molecular complexity index is 1050. The highest BCUT2D eigenvalue weighted by atomic mass is 32.2. The molecule has 0 amide bonds. The van der Waals surface area contributed by atoms with Crippen molar-refractivity contribution in [3.63, 3.8) is 0 Å². The van der Waals surface area contributed by atoms with Crippen molar-refractivity contribution in [3.8, 4) is 17.1 Å². The number of nitrogens with zero attached hydrogens (tertiary/aromatic N) is 2. The summed E-state index contributed by atoms with van der Waals surface area (Å²) >= 11 is 0. The van der Waals surface area contributed by atoms with Crippen molar-refractivity contribution in [2.24, 2.45) is 0 Å². The summed E-state index contributed by atoms with van der Waals surface area (Å²) in [6.45, 7) is 1.91. The third-order valence-corrected chi connectivity index (χ3v) is 6.54. The summed E-state index contributed by atoms with van der Waals surface area (Å²) in [6.07, 6.45) is 2.23. The lowest BCUT2D eigenvalue weighted by atomic mass is 10.1. The molecule has 0 unspecified atom stereocenters. The van der Waals surface area contributed by atoms with E-state index in [2.05, 4.69) is 5.16 Å². The Labute approximate surface area is 152 Å². The van der Waals surface area contributed by atoms with Gasteiger partial charge in [-0.1, -0.05) is 23.4 Å². The van der Waals surface area contributed by atoms with Crippen LogP contribution >= 0.6 is 0 Å². The fourth-order valence-electron chi connectivity index (χ4n) is 3.41. The van der Waals surface area contributed by atoms with Crippen LogP contribution in [0.5, 0.6) is 5.75 Å². The number of fused-ring (bicyclic) bond motifs is 1. The number of hydrogen-bond acceptors (Lipinski definition) is 5. The smallest absolute Gasteiger partial charge is 0.268 e. The van der Waals surface area contributed by atoms with Gasteiger partial charge in [-0.2, -0.15) is 0 Å². The van der Waals surface area contributed by atoms with Crippen LogP contribution in [0.4, 0.5) is 5.69 Å². The van der Waals surface area contributed by atoms with Crippen LogP contribution in [0.25, 0.3) is 11.3 Å². The second-order valence-electron chi connectivity index (χ2n) is 6.23. The third-order valence-electron chi connectivity index (χ3n) is 4.57. The van der Waals surface area contributed by atoms with Crippen LogP contribution in [0.1, 0.15) is 12.5 Å². The molecular weight excluding hydrogens is 352 g/mol. The Hall–Kier alpha value is -2.80. The lowest BCUT2D eigenvalue weighted by Crippen LogP contribution is -2.35. The van der Waals surface area contributed by atoms with Crippen LogP contribution in [-0.2, 0) is 16.4 Å². The van der Waals surface area contributed by atoms with Gasteiger partial charge in [0, 0.05) is 17.7 Å². The maximum atomic E-state index is 13.4. The summed E-state index contributed by atoms with van der Waals surface area (Å²) in [7, 11) is -2.31. The number of benzene rings is 2. The molecule has 0 fully saturated rings. The first-order valence-electron chi connectivity index (χ1n) is 8.24. The van der Waals surface area contributed by atoms with Gasteiger partial charge in [-0.25, -0.2) is 8.42 Å². The normalized spacial score (nSPS) is 16.5. The van der Waals surface area contributed by atoms with E-state index in [0.717, 1.165) is 11.3 Å². The molecule has 6 nitrogen and oxygen atoms in total. The van der Waals surface area contributed by atoms with Crippen molar-refractivity contribution in [1.82, 2.24) is 5.16 Å². The fraction of sp³-hybridized carbons (Fsp3) is 0.211. The average Bonchev–Trinajstić information content (AvgIpc) is 3.28. The summed E-state index contributed by atoms with van der Waals surface area (Å²) < 4.78 is 38.8. The van der Waals surface area contributed by atoms with E-state index < -0.39 is 10.0 Å². The van der Waals surface area contributed by atoms with Gasteiger partial charge < -0.3 is 9.26 Å². The van der Waals surface area contributed by atoms with Crippen molar-refractivity contribution in [2.45, 2.75) is 24.3 Å². The maximum Gasteiger partial charge on any atom is 0.268 e. The molecule has 0 bridgehead atoms. The molecule has 3 aromatic rings. The topological polar surface area (TPSA) is 72.6 Å². The van der Waals surface area contributed by atoms with Crippen LogP contribution in [-0.4, -0.2) is 26.7 Å². The van der Waals surface area contributed by atoms with E-state index >= 15 is 0 Å². The zero-order valence-electron chi connectivity index (χ0n) is 14.4. The number of rotatable bonds is 4. The predicted molar refractivity (Wildman–Crippen MR) is 97.8 cm³/mol. The summed E-state index contributed by atoms with van der Waals surface area (Å²) in [5, 5.41) is 3.68. The van der Waals surface area contributed by atoms with Crippen LogP contribution in [0.15, 0.2) is 64.1 Å². The third kappa shape index (κ3) is 2.55. The molecule has 2 aromatic carbocycles. The summed E-state index contributed by atoms with van der Waals surface area (Å²) in [4.78, 5) is 0.131. The van der Waals surface area contributed by atoms with Crippen LogP contribution in [0.2, 0.25) is 0 Å². The van der Waals surface area contributed by atoms with E-state index in [1.54, 1.807) is 24.3 Å². The minimum absolute atomic E-state index is 0.131. The monoisotopic (exact) mass is 370 g/mol. The van der Waals surface area contributed by atoms with Gasteiger partial charge >= 0.3 is 0 Å². The molecule has 1 aliphatic rings. The Morgan fingerprint density at radius 1 is 1.19 bits per heavy atom. The van der Waals surface area contributed by atoms with E-state index in [9.17, 15) is 8.42 Å². The van der Waals surface area contributed by atoms with Crippen molar-refractivity contribution in [1.29, 1.82) is 0 Å². The number of aromatic nitrogens is 1. The molecule has 0 saturated heterocycles. The first kappa shape index (κ1) is 16.7. The largest absolute Gasteiger partial charge is 0.495 e. The molecule has 0 radical (unpaired) electrons. The molecule has 0 aliphatic carbocycles. The number of anilines is 1. The molecule has 7 heteroatoms. The van der Waals surface area contributed by atoms with Crippen molar-refractivity contribution >= 4 is 15.7 Å². The molecule has 1 aromatic heterocycles. The van der Waals surface area contributed by atoms with Crippen molar-refractivity contribution in [2.75, 3.05) is 11.4 Å². The molecule has 2 heterocycles. The van der Waals surface area contributed by atoms with Crippen molar-refractivity contribution in [3.05, 3.63) is 60.3 Å². The van der Waals surface area contributed by atoms with Crippen LogP contribution < -0.4 is 9.04 Å². The summed E-state index contributed by atoms with van der Waals surface area (Å²) in [5.74, 6) is 0.822. The van der Waals surface area contributed by atoms with Gasteiger partial charge in [-0.15, -0.1) is 0 Å². The summed E-state index contributed by atoms with van der Waals surface area (Å²) in [5.41, 5.74) is 2.45. The van der Waals surface area contributed by atoms with E-state index in [1.165, 1.54) is 17.6 Å². The molecule has 0 saturated carbocycles. The first-order chi connectivity index (χ1) is 12.5. The second kappa shape index (κ2) is 6.17. The Morgan fingerprint density at radius 3 is 2.73 bits per heavy atom. The molecule has 0 spiro atoms. The van der Waals surface area contributed by atoms with E-state index in [4.69, 9.17) is 9.26 Å². The van der Waals surface area contributed by atoms with Gasteiger partial charge in [0.05, 0.1) is 19.0 Å². The van der Waals surface area contributed by atoms with E-state index in [1.807, 2.05) is 31.2 Å². The minimum Gasteiger partial charge on any atom is -0.495 e. The number of methoxy groups -OCH3 is 1. The first-order valence-corrected chi connectivity index (χ1v) is 9.68. The zero-order valence-corrected chi connectivity index (χ0v) is 15.2. The summed E-state index contributed by atoms with van der Waals surface area (Å²) in [6, 6.07) is 14.0. The molecule has 1 atom stereocenters. The number of hydrogen-bond donors (Lipinski definition) is 0. The number of para-hydroxylation sites is 1. The van der Waals surface area contributed by atoms with Crippen molar-refractivity contribution < 1.29 is 17.7 Å². The average molecular weight is 370 g/mol. The lowest BCUT2D eigenvalue weighted by molar-refractivity contribution is 0.401. The molecule has 4 rings (SSSR count). The standard InChI is InChI=1S/C19H18N2O4S/c1-13-11-14-5-3-4-6-16(14)21(13)26(22,23)19-8-7-15(12-18(19)24-2)17-9-10-20-25-17/h3-10,12-13H,11H2,1-2H3/t13-/m1/s1. The number of ether oxygens (including phenoxy) is 1. The Kier molecular flexibility index (Phi) is 3.96. The van der Waals surface area contributed by atoms with E-state index in [-0.39, 0.29) is 16.7 Å². The highest BCUT2D eigenvalue weighted by Gasteiger charge is 2.37. The zero-order chi connectivity index (χ0) is 18.3. The Morgan fingerprint density at radius 2 is 2.00 bits per heavy atom. The van der Waals surface area contributed by atoms with Gasteiger partial charge in [-0.3, -0.25) is 4.31 Å². The maximum absolute atomic E-state index is 13.4. The molecule has 1 aliphatic heterocycles. The quantitative estimate of drug-likeness (QED) is 0.703. The van der Waals surface area contributed by atoms with Gasteiger partial charge in [0.25, 0.3) is 10.0 Å². The van der Waals surface area contributed by atoms with E-state index in [0.29, 0.717) is 17.7 Å². The van der Waals surface area contributed by atoms with Gasteiger partial charge in [0.15, 0.2) is 5.76 Å². The highest BCUT2D eigenvalue weighted by Crippen LogP contribution is 2.39. The Balaban J connectivity index is 1.82. The van der Waals surface area contributed by atoms with Gasteiger partial charge in [-0.05, 0) is 43.2 Å². The van der Waals surface area contributed by atoms with Crippen LogP contribution in [0, 0.1) is 0 Å². The molecule has 134 valence electrons. The molecular formula is C19H18N2O4S. The minimum atomic E-state index is -3.77. The lowest BCUT2D eigenvalue weighted by Gasteiger charge is -2.25. The highest BCUT2D eigenvalue weighted by molar-refractivity contribution is 7.93. The molecule has 26 heavy (non-hydrogen) atoms. The molecule has 0 N–H and O–H groups in total. The predicted octanol–water partition coefficient (Wildman–Crippen LogP) is 3.49. The number of sulfonamides is 1. The van der Waals surface area contributed by atoms with Crippen LogP contribution in [0.3, 0.4) is 0 Å². The second-order valence-corrected chi connectivity index (χ2v) is 8.01.